The standard InChI is InChI=1S/C19H26N4.C2H7N/c1-4-23-9-5-6-17(13-23)21-15(3)20-12-18-11-16-10-14(2)7-8-19(16)22-18;1-2-3/h4,7-8,10-11,17,20-22H,1,3,5-6,9,12-13H2,2H3;2-3H2,1H3. The highest BCUT2D eigenvalue weighted by atomic mass is 15.2. The molecule has 2 heterocycles. The maximum atomic E-state index is 4.85. The Hall–Kier alpha value is -2.40. The first-order valence-corrected chi connectivity index (χ1v) is 9.40. The van der Waals surface area contributed by atoms with Gasteiger partial charge in [0.15, 0.2) is 0 Å². The Morgan fingerprint density at radius 2 is 2.19 bits per heavy atom. The molecule has 1 aliphatic rings. The second-order valence-corrected chi connectivity index (χ2v) is 6.79. The van der Waals surface area contributed by atoms with Crippen LogP contribution in [0.5, 0.6) is 0 Å². The number of benzene rings is 1. The number of fused-ring (bicyclic) bond motifs is 1. The monoisotopic (exact) mass is 355 g/mol. The number of rotatable bonds is 6. The second kappa shape index (κ2) is 9.92. The van der Waals surface area contributed by atoms with E-state index in [1.165, 1.54) is 35.0 Å². The van der Waals surface area contributed by atoms with Crippen LogP contribution in [0.1, 0.15) is 31.0 Å². The van der Waals surface area contributed by atoms with Crippen LogP contribution in [0.25, 0.3) is 10.9 Å². The van der Waals surface area contributed by atoms with E-state index in [2.05, 4.69) is 64.9 Å². The van der Waals surface area contributed by atoms with Crippen molar-refractivity contribution in [3.63, 3.8) is 0 Å². The van der Waals surface area contributed by atoms with E-state index < -0.39 is 0 Å². The van der Waals surface area contributed by atoms with E-state index in [4.69, 9.17) is 5.73 Å². The maximum Gasteiger partial charge on any atom is 0.0918 e. The lowest BCUT2D eigenvalue weighted by molar-refractivity contribution is 0.259. The van der Waals surface area contributed by atoms with Gasteiger partial charge in [0.2, 0.25) is 0 Å². The van der Waals surface area contributed by atoms with Gasteiger partial charge in [-0.05, 0) is 56.1 Å². The number of likely N-dealkylation sites (tertiary alicyclic amines) is 1. The van der Waals surface area contributed by atoms with Gasteiger partial charge >= 0.3 is 0 Å². The highest BCUT2D eigenvalue weighted by Crippen LogP contribution is 2.17. The first-order valence-electron chi connectivity index (χ1n) is 9.40. The van der Waals surface area contributed by atoms with E-state index in [9.17, 15) is 0 Å². The summed E-state index contributed by atoms with van der Waals surface area (Å²) in [6.45, 7) is 15.6. The Labute approximate surface area is 157 Å². The van der Waals surface area contributed by atoms with Crippen LogP contribution in [0.3, 0.4) is 0 Å². The Morgan fingerprint density at radius 1 is 1.42 bits per heavy atom. The van der Waals surface area contributed by atoms with E-state index in [-0.39, 0.29) is 0 Å². The van der Waals surface area contributed by atoms with Gasteiger partial charge in [-0.3, -0.25) is 0 Å². The molecule has 1 aliphatic heterocycles. The van der Waals surface area contributed by atoms with Crippen LogP contribution in [0, 0.1) is 6.92 Å². The summed E-state index contributed by atoms with van der Waals surface area (Å²) in [6.07, 6.45) is 4.30. The number of nitrogens with one attached hydrogen (secondary N) is 3. The van der Waals surface area contributed by atoms with Crippen molar-refractivity contribution in [2.24, 2.45) is 5.73 Å². The molecule has 5 nitrogen and oxygen atoms in total. The number of hydrogen-bond acceptors (Lipinski definition) is 4. The molecule has 0 amide bonds. The third-order valence-electron chi connectivity index (χ3n) is 4.41. The van der Waals surface area contributed by atoms with E-state index in [1.807, 2.05) is 13.1 Å². The smallest absolute Gasteiger partial charge is 0.0918 e. The van der Waals surface area contributed by atoms with E-state index in [1.54, 1.807) is 0 Å². The summed E-state index contributed by atoms with van der Waals surface area (Å²) in [4.78, 5) is 5.70. The first-order chi connectivity index (χ1) is 12.5. The molecule has 0 bridgehead atoms. The molecule has 1 unspecified atom stereocenters. The van der Waals surface area contributed by atoms with Crippen molar-refractivity contribution in [3.8, 4) is 0 Å². The average molecular weight is 356 g/mol. The summed E-state index contributed by atoms with van der Waals surface area (Å²) in [5, 5.41) is 8.12. The Kier molecular flexibility index (Phi) is 7.60. The minimum absolute atomic E-state index is 0.437. The lowest BCUT2D eigenvalue weighted by atomic mass is 10.1. The first kappa shape index (κ1) is 19.9. The summed E-state index contributed by atoms with van der Waals surface area (Å²) >= 11 is 0. The van der Waals surface area contributed by atoms with Gasteiger partial charge in [0, 0.05) is 30.3 Å². The zero-order valence-corrected chi connectivity index (χ0v) is 16.1. The van der Waals surface area contributed by atoms with Gasteiger partial charge in [0.1, 0.15) is 0 Å². The van der Waals surface area contributed by atoms with Crippen LogP contribution in [-0.4, -0.2) is 35.6 Å². The Bertz CT molecular complexity index is 718. The van der Waals surface area contributed by atoms with Gasteiger partial charge in [0.05, 0.1) is 12.4 Å². The fraction of sp³-hybridized carbons (Fsp3) is 0.429. The molecular weight excluding hydrogens is 322 g/mol. The number of hydrogen-bond donors (Lipinski definition) is 4. The number of aryl methyl sites for hydroxylation is 1. The molecular formula is C21H33N5. The molecule has 5 heteroatoms. The van der Waals surface area contributed by atoms with Gasteiger partial charge in [-0.15, -0.1) is 0 Å². The fourth-order valence-corrected chi connectivity index (χ4v) is 3.20. The Balaban J connectivity index is 0.000000758. The van der Waals surface area contributed by atoms with Gasteiger partial charge in [0.25, 0.3) is 0 Å². The predicted octanol–water partition coefficient (Wildman–Crippen LogP) is 3.20. The summed E-state index contributed by atoms with van der Waals surface area (Å²) in [6, 6.07) is 9.10. The molecule has 5 N–H and O–H groups in total. The summed E-state index contributed by atoms with van der Waals surface area (Å²) in [5.41, 5.74) is 8.48. The summed E-state index contributed by atoms with van der Waals surface area (Å²) in [5.74, 6) is 0.885. The molecule has 1 aromatic heterocycles. The second-order valence-electron chi connectivity index (χ2n) is 6.79. The lowest BCUT2D eigenvalue weighted by Gasteiger charge is -2.33. The number of nitrogens with two attached hydrogens (primary N) is 1. The van der Waals surface area contributed by atoms with Crippen LogP contribution < -0.4 is 16.4 Å². The topological polar surface area (TPSA) is 69.1 Å². The van der Waals surface area contributed by atoms with E-state index >= 15 is 0 Å². The fourth-order valence-electron chi connectivity index (χ4n) is 3.20. The number of H-pyrrole nitrogens is 1. The molecule has 0 radical (unpaired) electrons. The van der Waals surface area contributed by atoms with E-state index in [0.29, 0.717) is 6.04 Å². The molecule has 1 saturated heterocycles. The van der Waals surface area contributed by atoms with Gasteiger partial charge in [-0.2, -0.15) is 0 Å². The van der Waals surface area contributed by atoms with Crippen LogP contribution in [0.15, 0.2) is 49.4 Å². The zero-order chi connectivity index (χ0) is 18.9. The van der Waals surface area contributed by atoms with Gasteiger partial charge in [-0.1, -0.05) is 31.7 Å². The number of nitrogens with zero attached hydrogens (tertiary/aromatic N) is 1. The third-order valence-corrected chi connectivity index (χ3v) is 4.41. The van der Waals surface area contributed by atoms with Crippen molar-refractivity contribution in [2.45, 2.75) is 39.3 Å². The number of piperidine rings is 1. The SMILES string of the molecule is C=CN1CCCC(NC(=C)NCc2cc3cc(C)ccc3[nH]2)C1.CCN. The lowest BCUT2D eigenvalue weighted by Crippen LogP contribution is -2.44. The highest BCUT2D eigenvalue weighted by Gasteiger charge is 2.17. The zero-order valence-electron chi connectivity index (χ0n) is 16.1. The van der Waals surface area contributed by atoms with Crippen LogP contribution in [0.2, 0.25) is 0 Å². The quantitative estimate of drug-likeness (QED) is 0.642. The van der Waals surface area contributed by atoms with Gasteiger partial charge < -0.3 is 26.3 Å². The molecule has 1 fully saturated rings. The third kappa shape index (κ3) is 5.85. The van der Waals surface area contributed by atoms with Crippen molar-refractivity contribution in [3.05, 3.63) is 60.7 Å². The van der Waals surface area contributed by atoms with E-state index in [0.717, 1.165) is 32.0 Å². The van der Waals surface area contributed by atoms with Crippen molar-refractivity contribution >= 4 is 10.9 Å². The molecule has 1 atom stereocenters. The van der Waals surface area contributed by atoms with Crippen molar-refractivity contribution < 1.29 is 0 Å². The van der Waals surface area contributed by atoms with Crippen molar-refractivity contribution in [2.75, 3.05) is 19.6 Å². The number of aromatic amines is 1. The van der Waals surface area contributed by atoms with Crippen LogP contribution >= 0.6 is 0 Å². The summed E-state index contributed by atoms with van der Waals surface area (Å²) < 4.78 is 0. The van der Waals surface area contributed by atoms with Crippen molar-refractivity contribution in [1.82, 2.24) is 20.5 Å². The van der Waals surface area contributed by atoms with Crippen molar-refractivity contribution in [1.29, 1.82) is 0 Å². The molecule has 3 rings (SSSR count). The minimum atomic E-state index is 0.437. The molecule has 142 valence electrons. The molecule has 2 aromatic rings. The highest BCUT2D eigenvalue weighted by molar-refractivity contribution is 5.81. The minimum Gasteiger partial charge on any atom is -0.376 e. The molecule has 0 spiro atoms. The molecule has 0 saturated carbocycles. The maximum absolute atomic E-state index is 4.85. The predicted molar refractivity (Wildman–Crippen MR) is 112 cm³/mol. The molecule has 0 aliphatic carbocycles. The number of aromatic nitrogens is 1. The summed E-state index contributed by atoms with van der Waals surface area (Å²) in [7, 11) is 0. The molecule has 1 aromatic carbocycles. The largest absolute Gasteiger partial charge is 0.376 e. The van der Waals surface area contributed by atoms with Gasteiger partial charge in [-0.25, -0.2) is 0 Å². The van der Waals surface area contributed by atoms with Crippen LogP contribution in [-0.2, 0) is 6.54 Å². The average Bonchev–Trinajstić information content (AvgIpc) is 3.03. The molecule has 26 heavy (non-hydrogen) atoms. The Morgan fingerprint density at radius 3 is 2.92 bits per heavy atom. The normalized spacial score (nSPS) is 16.6. The van der Waals surface area contributed by atoms with Crippen LogP contribution in [0.4, 0.5) is 0 Å².